The minimum atomic E-state index is -0.252. The molecule has 2 N–H and O–H groups in total. The van der Waals surface area contributed by atoms with Gasteiger partial charge in [0.2, 0.25) is 5.91 Å². The molecule has 2 heterocycles. The number of anilines is 1. The Labute approximate surface area is 171 Å². The molecule has 0 bridgehead atoms. The number of nitrogens with two attached hydrogens (primary N) is 1. The molecule has 3 aromatic rings. The summed E-state index contributed by atoms with van der Waals surface area (Å²) in [5.74, 6) is 0.346. The number of hydrogen-bond acceptors (Lipinski definition) is 4. The van der Waals surface area contributed by atoms with Crippen molar-refractivity contribution in [2.45, 2.75) is 38.5 Å². The molecule has 1 aromatic heterocycles. The molecule has 5 heteroatoms. The van der Waals surface area contributed by atoms with Crippen molar-refractivity contribution in [3.05, 3.63) is 89.7 Å². The van der Waals surface area contributed by atoms with Gasteiger partial charge in [0.1, 0.15) is 12.4 Å². The summed E-state index contributed by atoms with van der Waals surface area (Å²) >= 11 is 0. The van der Waals surface area contributed by atoms with E-state index in [4.69, 9.17) is 10.5 Å². The van der Waals surface area contributed by atoms with Crippen molar-refractivity contribution in [1.82, 2.24) is 4.98 Å². The molecular formula is C24H25N3O2. The van der Waals surface area contributed by atoms with Gasteiger partial charge in [-0.3, -0.25) is 9.78 Å². The Morgan fingerprint density at radius 1 is 1.10 bits per heavy atom. The van der Waals surface area contributed by atoms with E-state index in [1.165, 1.54) is 5.56 Å². The fourth-order valence-corrected chi connectivity index (χ4v) is 3.92. The van der Waals surface area contributed by atoms with Gasteiger partial charge in [-0.15, -0.1) is 0 Å². The van der Waals surface area contributed by atoms with Crippen molar-refractivity contribution in [3.63, 3.8) is 0 Å². The highest BCUT2D eigenvalue weighted by Gasteiger charge is 2.32. The van der Waals surface area contributed by atoms with Gasteiger partial charge in [0, 0.05) is 24.5 Å². The van der Waals surface area contributed by atoms with Crippen molar-refractivity contribution in [1.29, 1.82) is 0 Å². The second-order valence-corrected chi connectivity index (χ2v) is 7.48. The molecule has 0 fully saturated rings. The normalized spacial score (nSPS) is 18.2. The van der Waals surface area contributed by atoms with Gasteiger partial charge in [-0.1, -0.05) is 36.4 Å². The Morgan fingerprint density at radius 3 is 2.59 bits per heavy atom. The lowest BCUT2D eigenvalue weighted by Gasteiger charge is -2.40. The van der Waals surface area contributed by atoms with Crippen LogP contribution in [0.25, 0.3) is 0 Å². The zero-order chi connectivity index (χ0) is 20.2. The molecule has 0 saturated heterocycles. The lowest BCUT2D eigenvalue weighted by atomic mass is 9.85. The first-order valence-electron chi connectivity index (χ1n) is 9.88. The summed E-state index contributed by atoms with van der Waals surface area (Å²) < 4.78 is 5.83. The first kappa shape index (κ1) is 19.0. The van der Waals surface area contributed by atoms with Crippen LogP contribution in [0.4, 0.5) is 5.69 Å². The van der Waals surface area contributed by atoms with Crippen LogP contribution >= 0.6 is 0 Å². The van der Waals surface area contributed by atoms with Crippen molar-refractivity contribution in [2.24, 2.45) is 5.73 Å². The van der Waals surface area contributed by atoms with Gasteiger partial charge in [0.25, 0.3) is 0 Å². The van der Waals surface area contributed by atoms with Gasteiger partial charge < -0.3 is 15.4 Å². The van der Waals surface area contributed by atoms with Crippen LogP contribution in [0.5, 0.6) is 5.75 Å². The summed E-state index contributed by atoms with van der Waals surface area (Å²) in [6.07, 6.45) is 2.50. The highest BCUT2D eigenvalue weighted by molar-refractivity contribution is 5.85. The van der Waals surface area contributed by atoms with Crippen molar-refractivity contribution < 1.29 is 9.53 Å². The molecule has 4 rings (SSSR count). The molecule has 1 aliphatic heterocycles. The number of amides is 1. The number of hydrogen-bond donors (Lipinski definition) is 1. The molecule has 148 valence electrons. The number of primary amides is 1. The van der Waals surface area contributed by atoms with Gasteiger partial charge in [0.05, 0.1) is 11.6 Å². The number of aromatic nitrogens is 1. The van der Waals surface area contributed by atoms with Gasteiger partial charge >= 0.3 is 0 Å². The third-order valence-corrected chi connectivity index (χ3v) is 5.46. The summed E-state index contributed by atoms with van der Waals surface area (Å²) in [5.41, 5.74) is 9.86. The smallest absolute Gasteiger partial charge is 0.225 e. The molecule has 1 aliphatic rings. The molecule has 2 atom stereocenters. The number of carbonyl (C=O) groups is 1. The molecule has 2 aromatic carbocycles. The number of para-hydroxylation sites is 1. The molecule has 0 radical (unpaired) electrons. The van der Waals surface area contributed by atoms with Crippen LogP contribution in [-0.4, -0.2) is 16.9 Å². The third-order valence-electron chi connectivity index (χ3n) is 5.46. The highest BCUT2D eigenvalue weighted by atomic mass is 16.5. The fraction of sp³-hybridized carbons (Fsp3) is 0.250. The van der Waals surface area contributed by atoms with E-state index in [9.17, 15) is 4.79 Å². The zero-order valence-corrected chi connectivity index (χ0v) is 16.5. The lowest BCUT2D eigenvalue weighted by molar-refractivity contribution is -0.119. The molecule has 0 saturated carbocycles. The van der Waals surface area contributed by atoms with Crippen LogP contribution in [0.3, 0.4) is 0 Å². The second-order valence-electron chi connectivity index (χ2n) is 7.48. The van der Waals surface area contributed by atoms with E-state index in [0.29, 0.717) is 6.61 Å². The van der Waals surface area contributed by atoms with E-state index < -0.39 is 0 Å². The van der Waals surface area contributed by atoms with E-state index in [1.807, 2.05) is 48.5 Å². The quantitative estimate of drug-likeness (QED) is 0.693. The summed E-state index contributed by atoms with van der Waals surface area (Å²) in [6, 6.07) is 22.2. The zero-order valence-electron chi connectivity index (χ0n) is 16.5. The fourth-order valence-electron chi connectivity index (χ4n) is 3.92. The number of fused-ring (bicyclic) bond motifs is 1. The first-order valence-corrected chi connectivity index (χ1v) is 9.88. The van der Waals surface area contributed by atoms with Crippen molar-refractivity contribution >= 4 is 11.6 Å². The summed E-state index contributed by atoms with van der Waals surface area (Å²) in [6.45, 7) is 3.37. The molecular weight excluding hydrogens is 362 g/mol. The molecule has 29 heavy (non-hydrogen) atoms. The SMILES string of the molecule is C[C@@H]1C[C@H](C(N)=O)c2ccccc2N1Cc1ccc(OCc2ccccn2)cc1. The third kappa shape index (κ3) is 4.24. The first-order chi connectivity index (χ1) is 14.1. The molecule has 0 aliphatic carbocycles. The summed E-state index contributed by atoms with van der Waals surface area (Å²) in [5, 5.41) is 0. The Balaban J connectivity index is 1.47. The Kier molecular flexibility index (Phi) is 5.47. The average Bonchev–Trinajstić information content (AvgIpc) is 2.75. The standard InChI is InChI=1S/C24H25N3O2/c1-17-14-22(24(25)28)21-7-2-3-8-23(21)27(17)15-18-9-11-20(12-10-18)29-16-19-6-4-5-13-26-19/h2-13,17,22H,14-16H2,1H3,(H2,25,28)/t17-,22+/m1/s1. The second kappa shape index (κ2) is 8.35. The van der Waals surface area contributed by atoms with E-state index in [1.54, 1.807) is 6.20 Å². The largest absolute Gasteiger partial charge is 0.487 e. The number of rotatable bonds is 6. The van der Waals surface area contributed by atoms with Crippen LogP contribution < -0.4 is 15.4 Å². The molecule has 1 amide bonds. The Morgan fingerprint density at radius 2 is 1.86 bits per heavy atom. The maximum atomic E-state index is 11.9. The van der Waals surface area contributed by atoms with Crippen LogP contribution in [0.15, 0.2) is 72.9 Å². The Bertz CT molecular complexity index is 973. The minimum absolute atomic E-state index is 0.222. The van der Waals surface area contributed by atoms with Crippen LogP contribution in [-0.2, 0) is 17.9 Å². The number of nitrogens with zero attached hydrogens (tertiary/aromatic N) is 2. The van der Waals surface area contributed by atoms with E-state index in [2.05, 4.69) is 35.0 Å². The topological polar surface area (TPSA) is 68.5 Å². The number of carbonyl (C=O) groups excluding carboxylic acids is 1. The molecule has 0 unspecified atom stereocenters. The monoisotopic (exact) mass is 387 g/mol. The van der Waals surface area contributed by atoms with E-state index >= 15 is 0 Å². The maximum Gasteiger partial charge on any atom is 0.225 e. The minimum Gasteiger partial charge on any atom is -0.487 e. The highest BCUT2D eigenvalue weighted by Crippen LogP contribution is 2.39. The van der Waals surface area contributed by atoms with Gasteiger partial charge in [-0.05, 0) is 54.8 Å². The molecule has 5 nitrogen and oxygen atoms in total. The summed E-state index contributed by atoms with van der Waals surface area (Å²) in [7, 11) is 0. The summed E-state index contributed by atoms with van der Waals surface area (Å²) in [4.78, 5) is 18.5. The van der Waals surface area contributed by atoms with Gasteiger partial charge in [0.15, 0.2) is 0 Å². The van der Waals surface area contributed by atoms with Gasteiger partial charge in [-0.2, -0.15) is 0 Å². The van der Waals surface area contributed by atoms with Gasteiger partial charge in [-0.25, -0.2) is 0 Å². The van der Waals surface area contributed by atoms with Crippen molar-refractivity contribution in [3.8, 4) is 5.75 Å². The maximum absolute atomic E-state index is 11.9. The predicted octanol–water partition coefficient (Wildman–Crippen LogP) is 4.03. The molecule has 0 spiro atoms. The van der Waals surface area contributed by atoms with Crippen molar-refractivity contribution in [2.75, 3.05) is 4.90 Å². The number of benzene rings is 2. The number of pyridine rings is 1. The predicted molar refractivity (Wildman–Crippen MR) is 114 cm³/mol. The Hall–Kier alpha value is -3.34. The lowest BCUT2D eigenvalue weighted by Crippen LogP contribution is -2.41. The van der Waals surface area contributed by atoms with Crippen LogP contribution in [0, 0.1) is 0 Å². The van der Waals surface area contributed by atoms with Crippen LogP contribution in [0.1, 0.15) is 36.1 Å². The van der Waals surface area contributed by atoms with E-state index in [0.717, 1.165) is 35.7 Å². The number of ether oxygens (including phenoxy) is 1. The van der Waals surface area contributed by atoms with E-state index in [-0.39, 0.29) is 17.9 Å². The van der Waals surface area contributed by atoms with Crippen LogP contribution in [0.2, 0.25) is 0 Å². The average molecular weight is 387 g/mol.